The zero-order valence-corrected chi connectivity index (χ0v) is 14.2. The molecule has 0 aliphatic carbocycles. The summed E-state index contributed by atoms with van der Waals surface area (Å²) < 4.78 is 5.72. The molecule has 26 heavy (non-hydrogen) atoms. The number of fused-ring (bicyclic) bond motifs is 1. The van der Waals surface area contributed by atoms with E-state index in [-0.39, 0.29) is 24.9 Å². The number of amides is 2. The molecular formula is C19H18N4O3. The number of nitriles is 1. The van der Waals surface area contributed by atoms with Gasteiger partial charge < -0.3 is 20.3 Å². The van der Waals surface area contributed by atoms with Crippen LogP contribution in [0.3, 0.4) is 0 Å². The van der Waals surface area contributed by atoms with Gasteiger partial charge in [0, 0.05) is 12.7 Å². The number of ether oxygens (including phenoxy) is 1. The number of carbonyl (C=O) groups is 2. The van der Waals surface area contributed by atoms with Crippen molar-refractivity contribution >= 4 is 23.2 Å². The van der Waals surface area contributed by atoms with E-state index in [2.05, 4.69) is 10.6 Å². The van der Waals surface area contributed by atoms with Gasteiger partial charge in [0.2, 0.25) is 5.91 Å². The van der Waals surface area contributed by atoms with Crippen molar-refractivity contribution in [2.75, 3.05) is 30.4 Å². The van der Waals surface area contributed by atoms with Crippen LogP contribution in [0.25, 0.3) is 0 Å². The van der Waals surface area contributed by atoms with Crippen LogP contribution in [-0.2, 0) is 9.59 Å². The van der Waals surface area contributed by atoms with Crippen molar-refractivity contribution < 1.29 is 14.3 Å². The number of rotatable bonds is 4. The lowest BCUT2D eigenvalue weighted by atomic mass is 10.1. The van der Waals surface area contributed by atoms with Crippen molar-refractivity contribution in [3.8, 4) is 11.8 Å². The summed E-state index contributed by atoms with van der Waals surface area (Å²) in [6.07, 6.45) is -0.683. The first-order chi connectivity index (χ1) is 12.6. The minimum Gasteiger partial charge on any atom is -0.477 e. The Bertz CT molecular complexity index is 858. The molecule has 3 rings (SSSR count). The van der Waals surface area contributed by atoms with Crippen LogP contribution in [0.5, 0.6) is 5.75 Å². The monoisotopic (exact) mass is 350 g/mol. The second-order valence-electron chi connectivity index (χ2n) is 5.81. The fourth-order valence-corrected chi connectivity index (χ4v) is 2.76. The van der Waals surface area contributed by atoms with Gasteiger partial charge in [-0.2, -0.15) is 5.26 Å². The van der Waals surface area contributed by atoms with Gasteiger partial charge in [-0.25, -0.2) is 0 Å². The van der Waals surface area contributed by atoms with Crippen LogP contribution >= 0.6 is 0 Å². The van der Waals surface area contributed by atoms with Crippen LogP contribution in [-0.4, -0.2) is 38.1 Å². The first-order valence-electron chi connectivity index (χ1n) is 8.13. The zero-order valence-electron chi connectivity index (χ0n) is 14.2. The molecule has 0 spiro atoms. The molecule has 1 aliphatic rings. The van der Waals surface area contributed by atoms with Crippen molar-refractivity contribution in [2.24, 2.45) is 0 Å². The number of hydrogen-bond donors (Lipinski definition) is 2. The van der Waals surface area contributed by atoms with Crippen molar-refractivity contribution in [2.45, 2.75) is 6.10 Å². The van der Waals surface area contributed by atoms with Gasteiger partial charge in [0.05, 0.1) is 30.4 Å². The summed E-state index contributed by atoms with van der Waals surface area (Å²) in [5, 5.41) is 14.2. The van der Waals surface area contributed by atoms with Gasteiger partial charge in [-0.1, -0.05) is 12.1 Å². The molecule has 1 atom stereocenters. The number of benzene rings is 2. The van der Waals surface area contributed by atoms with E-state index < -0.39 is 6.10 Å². The lowest BCUT2D eigenvalue weighted by Gasteiger charge is -2.34. The molecule has 0 radical (unpaired) electrons. The third-order valence-electron chi connectivity index (χ3n) is 4.03. The van der Waals surface area contributed by atoms with E-state index >= 15 is 0 Å². The molecule has 1 heterocycles. The Morgan fingerprint density at radius 3 is 2.65 bits per heavy atom. The molecule has 0 aromatic heterocycles. The largest absolute Gasteiger partial charge is 0.477 e. The molecule has 7 nitrogen and oxygen atoms in total. The summed E-state index contributed by atoms with van der Waals surface area (Å²) in [4.78, 5) is 26.2. The first kappa shape index (κ1) is 17.3. The number of carbonyl (C=O) groups excluding carboxylic acids is 2. The molecule has 2 aromatic carbocycles. The fourth-order valence-electron chi connectivity index (χ4n) is 2.76. The van der Waals surface area contributed by atoms with E-state index in [0.717, 1.165) is 5.69 Å². The zero-order chi connectivity index (χ0) is 18.5. The smallest absolute Gasteiger partial charge is 0.262 e. The normalized spacial score (nSPS) is 15.2. The summed E-state index contributed by atoms with van der Waals surface area (Å²) in [6, 6.07) is 16.0. The van der Waals surface area contributed by atoms with Crippen molar-refractivity contribution in [1.82, 2.24) is 5.32 Å². The van der Waals surface area contributed by atoms with Gasteiger partial charge >= 0.3 is 0 Å². The highest BCUT2D eigenvalue weighted by Crippen LogP contribution is 2.32. The van der Waals surface area contributed by atoms with Gasteiger partial charge in [-0.15, -0.1) is 0 Å². The van der Waals surface area contributed by atoms with E-state index in [4.69, 9.17) is 10.00 Å². The molecular weight excluding hydrogens is 332 g/mol. The molecule has 2 aromatic rings. The maximum Gasteiger partial charge on any atom is 0.262 e. The quantitative estimate of drug-likeness (QED) is 0.872. The third kappa shape index (κ3) is 3.75. The van der Waals surface area contributed by atoms with Gasteiger partial charge in [-0.05, 0) is 36.4 Å². The van der Waals surface area contributed by atoms with Gasteiger partial charge in [0.15, 0.2) is 6.10 Å². The molecule has 132 valence electrons. The minimum atomic E-state index is -0.683. The number of hydrogen-bond acceptors (Lipinski definition) is 5. The van der Waals surface area contributed by atoms with Gasteiger partial charge in [0.1, 0.15) is 5.75 Å². The molecule has 0 saturated carbocycles. The van der Waals surface area contributed by atoms with E-state index in [0.29, 0.717) is 17.0 Å². The Balaban J connectivity index is 1.73. The van der Waals surface area contributed by atoms with Crippen molar-refractivity contribution in [3.05, 3.63) is 54.1 Å². The van der Waals surface area contributed by atoms with Crippen molar-refractivity contribution in [1.29, 1.82) is 5.26 Å². The lowest BCUT2D eigenvalue weighted by Crippen LogP contribution is -2.50. The lowest BCUT2D eigenvalue weighted by molar-refractivity contribution is -0.127. The maximum absolute atomic E-state index is 12.4. The Hall–Kier alpha value is -3.53. The van der Waals surface area contributed by atoms with E-state index in [1.165, 1.54) is 0 Å². The van der Waals surface area contributed by atoms with Gasteiger partial charge in [-0.3, -0.25) is 9.59 Å². The van der Waals surface area contributed by atoms with Crippen LogP contribution in [0.15, 0.2) is 48.5 Å². The molecule has 1 aliphatic heterocycles. The number of anilines is 2. The highest BCUT2D eigenvalue weighted by Gasteiger charge is 2.30. The Labute approximate surface area is 151 Å². The van der Waals surface area contributed by atoms with Crippen LogP contribution in [0, 0.1) is 11.3 Å². The van der Waals surface area contributed by atoms with E-state index in [1.54, 1.807) is 37.4 Å². The number of nitrogens with one attached hydrogen (secondary N) is 2. The topological polar surface area (TPSA) is 94.5 Å². The molecule has 2 amide bonds. The standard InChI is InChI=1S/C19H18N4O3/c1-21-19(25)17-11-23(15-4-2-3-5-16(15)26-17)12-18(24)22-14-8-6-13(10-20)7-9-14/h2-9,17H,11-12H2,1H3,(H,21,25)(H,22,24). The van der Waals surface area contributed by atoms with E-state index in [1.807, 2.05) is 29.2 Å². The minimum absolute atomic E-state index is 0.0773. The maximum atomic E-state index is 12.4. The first-order valence-corrected chi connectivity index (χ1v) is 8.13. The number of para-hydroxylation sites is 2. The Morgan fingerprint density at radius 2 is 1.96 bits per heavy atom. The Morgan fingerprint density at radius 1 is 1.23 bits per heavy atom. The summed E-state index contributed by atoms with van der Waals surface area (Å²) >= 11 is 0. The van der Waals surface area contributed by atoms with Crippen molar-refractivity contribution in [3.63, 3.8) is 0 Å². The highest BCUT2D eigenvalue weighted by atomic mass is 16.5. The van der Waals surface area contributed by atoms with E-state index in [9.17, 15) is 9.59 Å². The Kier molecular flexibility index (Phi) is 5.04. The highest BCUT2D eigenvalue weighted by molar-refractivity contribution is 5.95. The van der Waals surface area contributed by atoms with Gasteiger partial charge in [0.25, 0.3) is 5.91 Å². The SMILES string of the molecule is CNC(=O)C1CN(CC(=O)Nc2ccc(C#N)cc2)c2ccccc2O1. The number of nitrogens with zero attached hydrogens (tertiary/aromatic N) is 2. The fraction of sp³-hybridized carbons (Fsp3) is 0.211. The average molecular weight is 350 g/mol. The van der Waals surface area contributed by atoms with Crippen LogP contribution in [0.1, 0.15) is 5.56 Å². The number of likely N-dealkylation sites (N-methyl/N-ethyl adjacent to an activating group) is 1. The van der Waals surface area contributed by atoms with Crippen LogP contribution in [0.4, 0.5) is 11.4 Å². The predicted molar refractivity (Wildman–Crippen MR) is 96.9 cm³/mol. The average Bonchev–Trinajstić information content (AvgIpc) is 2.67. The second-order valence-corrected chi connectivity index (χ2v) is 5.81. The molecule has 0 saturated heterocycles. The predicted octanol–water partition coefficient (Wildman–Crippen LogP) is 1.51. The summed E-state index contributed by atoms with van der Waals surface area (Å²) in [5.74, 6) is 0.109. The molecule has 7 heteroatoms. The summed E-state index contributed by atoms with van der Waals surface area (Å²) in [7, 11) is 1.55. The molecule has 2 N–H and O–H groups in total. The summed E-state index contributed by atoms with van der Waals surface area (Å²) in [5.41, 5.74) is 1.90. The second kappa shape index (κ2) is 7.57. The third-order valence-corrected chi connectivity index (χ3v) is 4.03. The summed E-state index contributed by atoms with van der Waals surface area (Å²) in [6.45, 7) is 0.353. The van der Waals surface area contributed by atoms with Crippen LogP contribution in [0.2, 0.25) is 0 Å². The molecule has 1 unspecified atom stereocenters. The molecule has 0 fully saturated rings. The molecule has 0 bridgehead atoms. The van der Waals surface area contributed by atoms with Crippen LogP contribution < -0.4 is 20.3 Å².